The van der Waals surface area contributed by atoms with Crippen LogP contribution < -0.4 is 9.47 Å². The number of methoxy groups -OCH3 is 1. The average molecular weight is 284 g/mol. The van der Waals surface area contributed by atoms with Gasteiger partial charge in [0.15, 0.2) is 5.78 Å². The van der Waals surface area contributed by atoms with Crippen molar-refractivity contribution in [2.75, 3.05) is 7.11 Å². The molecular formula is C18H20O3. The van der Waals surface area contributed by atoms with Crippen LogP contribution in [0.1, 0.15) is 29.8 Å². The zero-order valence-corrected chi connectivity index (χ0v) is 12.6. The molecule has 0 amide bonds. The summed E-state index contributed by atoms with van der Waals surface area (Å²) in [6.07, 6.45) is 0.453. The third-order valence-electron chi connectivity index (χ3n) is 3.09. The van der Waals surface area contributed by atoms with E-state index in [0.717, 1.165) is 17.1 Å². The van der Waals surface area contributed by atoms with E-state index in [4.69, 9.17) is 9.47 Å². The van der Waals surface area contributed by atoms with Crippen LogP contribution in [0.2, 0.25) is 0 Å². The maximum atomic E-state index is 12.3. The van der Waals surface area contributed by atoms with E-state index in [1.807, 2.05) is 50.2 Å². The van der Waals surface area contributed by atoms with E-state index in [9.17, 15) is 4.79 Å². The highest BCUT2D eigenvalue weighted by Gasteiger charge is 2.10. The summed E-state index contributed by atoms with van der Waals surface area (Å²) in [7, 11) is 1.61. The third kappa shape index (κ3) is 4.09. The van der Waals surface area contributed by atoms with Gasteiger partial charge in [0.25, 0.3) is 0 Å². The molecule has 110 valence electrons. The Morgan fingerprint density at radius 2 is 1.71 bits per heavy atom. The first kappa shape index (κ1) is 15.1. The molecule has 0 aliphatic heterocycles. The molecule has 0 atom stereocenters. The number of ether oxygens (including phenoxy) is 2. The van der Waals surface area contributed by atoms with Gasteiger partial charge in [0, 0.05) is 17.5 Å². The zero-order valence-electron chi connectivity index (χ0n) is 12.6. The minimum atomic E-state index is 0.0654. The largest absolute Gasteiger partial charge is 0.496 e. The van der Waals surface area contributed by atoms with Gasteiger partial charge in [0.05, 0.1) is 13.2 Å². The van der Waals surface area contributed by atoms with Gasteiger partial charge in [-0.25, -0.2) is 0 Å². The Morgan fingerprint density at radius 3 is 2.33 bits per heavy atom. The van der Waals surface area contributed by atoms with Crippen LogP contribution in [-0.2, 0) is 6.42 Å². The third-order valence-corrected chi connectivity index (χ3v) is 3.09. The molecular weight excluding hydrogens is 264 g/mol. The molecule has 2 aromatic carbocycles. The molecule has 0 aromatic heterocycles. The van der Waals surface area contributed by atoms with Crippen molar-refractivity contribution in [1.82, 2.24) is 0 Å². The highest BCUT2D eigenvalue weighted by Crippen LogP contribution is 2.20. The fourth-order valence-corrected chi connectivity index (χ4v) is 2.12. The predicted molar refractivity (Wildman–Crippen MR) is 83.2 cm³/mol. The fraction of sp³-hybridized carbons (Fsp3) is 0.278. The second kappa shape index (κ2) is 6.93. The number of benzene rings is 2. The summed E-state index contributed by atoms with van der Waals surface area (Å²) in [5.41, 5.74) is 1.57. The molecule has 0 fully saturated rings. The normalized spacial score (nSPS) is 10.5. The Balaban J connectivity index is 2.09. The summed E-state index contributed by atoms with van der Waals surface area (Å²) < 4.78 is 10.8. The summed E-state index contributed by atoms with van der Waals surface area (Å²) in [5.74, 6) is 1.58. The lowest BCUT2D eigenvalue weighted by Crippen LogP contribution is -2.07. The lowest BCUT2D eigenvalue weighted by atomic mass is 10.0. The lowest BCUT2D eigenvalue weighted by Gasteiger charge is -2.10. The highest BCUT2D eigenvalue weighted by atomic mass is 16.5. The summed E-state index contributed by atoms with van der Waals surface area (Å²) >= 11 is 0. The van der Waals surface area contributed by atoms with Gasteiger partial charge >= 0.3 is 0 Å². The molecule has 0 aliphatic carbocycles. The van der Waals surface area contributed by atoms with Crippen LogP contribution in [0.5, 0.6) is 11.5 Å². The average Bonchev–Trinajstić information content (AvgIpc) is 2.48. The number of carbonyl (C=O) groups is 1. The van der Waals surface area contributed by atoms with Crippen LogP contribution in [0, 0.1) is 0 Å². The fourth-order valence-electron chi connectivity index (χ4n) is 2.12. The van der Waals surface area contributed by atoms with Crippen LogP contribution >= 0.6 is 0 Å². The minimum Gasteiger partial charge on any atom is -0.496 e. The van der Waals surface area contributed by atoms with E-state index < -0.39 is 0 Å². The van der Waals surface area contributed by atoms with Gasteiger partial charge in [0.2, 0.25) is 0 Å². The van der Waals surface area contributed by atoms with Gasteiger partial charge in [-0.3, -0.25) is 4.79 Å². The van der Waals surface area contributed by atoms with Crippen LogP contribution in [0.25, 0.3) is 0 Å². The molecule has 0 unspecified atom stereocenters. The van der Waals surface area contributed by atoms with Crippen molar-refractivity contribution < 1.29 is 14.3 Å². The number of rotatable bonds is 6. The molecule has 0 bridgehead atoms. The van der Waals surface area contributed by atoms with E-state index in [1.165, 1.54) is 0 Å². The van der Waals surface area contributed by atoms with E-state index in [1.54, 1.807) is 19.2 Å². The van der Waals surface area contributed by atoms with Gasteiger partial charge in [-0.05, 0) is 44.2 Å². The van der Waals surface area contributed by atoms with Crippen molar-refractivity contribution in [3.63, 3.8) is 0 Å². The van der Waals surface area contributed by atoms with Crippen molar-refractivity contribution in [2.24, 2.45) is 0 Å². The Labute approximate surface area is 125 Å². The molecule has 0 N–H and O–H groups in total. The maximum absolute atomic E-state index is 12.3. The maximum Gasteiger partial charge on any atom is 0.167 e. The summed E-state index contributed by atoms with van der Waals surface area (Å²) in [4.78, 5) is 12.3. The van der Waals surface area contributed by atoms with Crippen molar-refractivity contribution in [3.05, 3.63) is 59.7 Å². The first-order chi connectivity index (χ1) is 10.1. The van der Waals surface area contributed by atoms with Crippen molar-refractivity contribution >= 4 is 5.78 Å². The molecule has 0 aliphatic rings. The predicted octanol–water partition coefficient (Wildman–Crippen LogP) is 3.91. The number of para-hydroxylation sites is 1. The SMILES string of the molecule is COc1ccccc1CC(=O)c1ccc(OC(C)C)cc1. The second-order valence-electron chi connectivity index (χ2n) is 5.10. The molecule has 0 heterocycles. The molecule has 21 heavy (non-hydrogen) atoms. The molecule has 0 radical (unpaired) electrons. The number of hydrogen-bond donors (Lipinski definition) is 0. The van der Waals surface area contributed by atoms with E-state index in [2.05, 4.69) is 0 Å². The molecule has 2 aromatic rings. The zero-order chi connectivity index (χ0) is 15.2. The molecule has 0 spiro atoms. The smallest absolute Gasteiger partial charge is 0.167 e. The van der Waals surface area contributed by atoms with Gasteiger partial charge in [-0.1, -0.05) is 18.2 Å². The van der Waals surface area contributed by atoms with Gasteiger partial charge in [-0.15, -0.1) is 0 Å². The molecule has 2 rings (SSSR count). The lowest BCUT2D eigenvalue weighted by molar-refractivity contribution is 0.0992. The Kier molecular flexibility index (Phi) is 4.99. The monoisotopic (exact) mass is 284 g/mol. The molecule has 0 saturated heterocycles. The summed E-state index contributed by atoms with van der Waals surface area (Å²) in [6, 6.07) is 14.8. The first-order valence-corrected chi connectivity index (χ1v) is 7.02. The van der Waals surface area contributed by atoms with Crippen molar-refractivity contribution in [1.29, 1.82) is 0 Å². The van der Waals surface area contributed by atoms with Crippen LogP contribution in [0.3, 0.4) is 0 Å². The molecule has 3 heteroatoms. The van der Waals surface area contributed by atoms with Gasteiger partial charge in [-0.2, -0.15) is 0 Å². The number of carbonyl (C=O) groups excluding carboxylic acids is 1. The molecule has 0 saturated carbocycles. The minimum absolute atomic E-state index is 0.0654. The first-order valence-electron chi connectivity index (χ1n) is 7.02. The Morgan fingerprint density at radius 1 is 1.05 bits per heavy atom. The molecule has 3 nitrogen and oxygen atoms in total. The highest BCUT2D eigenvalue weighted by molar-refractivity contribution is 5.97. The van der Waals surface area contributed by atoms with Crippen molar-refractivity contribution in [3.8, 4) is 11.5 Å². The van der Waals surface area contributed by atoms with Crippen molar-refractivity contribution in [2.45, 2.75) is 26.4 Å². The van der Waals surface area contributed by atoms with Gasteiger partial charge in [0.1, 0.15) is 11.5 Å². The van der Waals surface area contributed by atoms with Crippen LogP contribution in [0.4, 0.5) is 0 Å². The topological polar surface area (TPSA) is 35.5 Å². The van der Waals surface area contributed by atoms with Gasteiger partial charge < -0.3 is 9.47 Å². The Bertz CT molecular complexity index is 600. The summed E-state index contributed by atoms with van der Waals surface area (Å²) in [5, 5.41) is 0. The number of Topliss-reactive ketones (excluding diaryl/α,β-unsaturated/α-hetero) is 1. The number of hydrogen-bond acceptors (Lipinski definition) is 3. The van der Waals surface area contributed by atoms with E-state index >= 15 is 0 Å². The Hall–Kier alpha value is -2.29. The van der Waals surface area contributed by atoms with Crippen LogP contribution in [-0.4, -0.2) is 19.0 Å². The standard InChI is InChI=1S/C18H20O3/c1-13(2)21-16-10-8-14(9-11-16)17(19)12-15-6-4-5-7-18(15)20-3/h4-11,13H,12H2,1-3H3. The van der Waals surface area contributed by atoms with E-state index in [-0.39, 0.29) is 11.9 Å². The number of ketones is 1. The second-order valence-corrected chi connectivity index (χ2v) is 5.10. The van der Waals surface area contributed by atoms with Crippen LogP contribution in [0.15, 0.2) is 48.5 Å². The quantitative estimate of drug-likeness (QED) is 0.754. The van der Waals surface area contributed by atoms with E-state index in [0.29, 0.717) is 12.0 Å². The summed E-state index contributed by atoms with van der Waals surface area (Å²) in [6.45, 7) is 3.95.